The molecule has 1 heterocycles. The van der Waals surface area contributed by atoms with E-state index in [9.17, 15) is 13.6 Å². The summed E-state index contributed by atoms with van der Waals surface area (Å²) in [5, 5.41) is 6.29. The summed E-state index contributed by atoms with van der Waals surface area (Å²) >= 11 is 0. The maximum atomic E-state index is 13.2. The highest BCUT2D eigenvalue weighted by atomic mass is 127. The monoisotopic (exact) mass is 537 g/mol. The van der Waals surface area contributed by atoms with Crippen molar-refractivity contribution in [3.8, 4) is 5.75 Å². The highest BCUT2D eigenvalue weighted by Gasteiger charge is 2.25. The van der Waals surface area contributed by atoms with Crippen molar-refractivity contribution >= 4 is 35.8 Å². The molecule has 1 amide bonds. The van der Waals surface area contributed by atoms with E-state index in [1.54, 1.807) is 0 Å². The molecule has 1 saturated carbocycles. The van der Waals surface area contributed by atoms with Crippen LogP contribution in [0, 0.1) is 11.6 Å². The fourth-order valence-corrected chi connectivity index (χ4v) is 3.13. The molecule has 3 rings (SSSR count). The van der Waals surface area contributed by atoms with Gasteiger partial charge in [0.1, 0.15) is 12.4 Å². The Morgan fingerprint density at radius 3 is 2.57 bits per heavy atom. The largest absolute Gasteiger partial charge is 0.492 e. The van der Waals surface area contributed by atoms with Gasteiger partial charge in [0, 0.05) is 44.8 Å². The number of aliphatic imine (C=N–C) groups is 1. The van der Waals surface area contributed by atoms with Crippen LogP contribution in [-0.4, -0.2) is 80.1 Å². The SMILES string of the molecule is CCNC(=NCCOc1ccc(F)c(F)c1)N1CCN(CC(=O)NC2CC2)CC1.I. The Morgan fingerprint density at radius 1 is 1.20 bits per heavy atom. The van der Waals surface area contributed by atoms with Crippen molar-refractivity contribution in [2.24, 2.45) is 4.99 Å². The second kappa shape index (κ2) is 12.2. The summed E-state index contributed by atoms with van der Waals surface area (Å²) in [7, 11) is 0. The minimum atomic E-state index is -0.928. The first-order chi connectivity index (χ1) is 14.0. The van der Waals surface area contributed by atoms with E-state index in [1.165, 1.54) is 6.07 Å². The summed E-state index contributed by atoms with van der Waals surface area (Å²) in [6.45, 7) is 7.02. The Hall–Kier alpha value is -1.69. The van der Waals surface area contributed by atoms with Gasteiger partial charge in [0.05, 0.1) is 13.1 Å². The number of piperazine rings is 1. The van der Waals surface area contributed by atoms with Crippen LogP contribution in [0.25, 0.3) is 0 Å². The second-order valence-electron chi connectivity index (χ2n) is 7.27. The predicted molar refractivity (Wildman–Crippen MR) is 122 cm³/mol. The van der Waals surface area contributed by atoms with Gasteiger partial charge in [0.25, 0.3) is 0 Å². The summed E-state index contributed by atoms with van der Waals surface area (Å²) in [4.78, 5) is 20.8. The van der Waals surface area contributed by atoms with Gasteiger partial charge in [-0.1, -0.05) is 0 Å². The number of ether oxygens (including phenoxy) is 1. The lowest BCUT2D eigenvalue weighted by Gasteiger charge is -2.36. The minimum Gasteiger partial charge on any atom is -0.492 e. The fourth-order valence-electron chi connectivity index (χ4n) is 3.13. The quantitative estimate of drug-likeness (QED) is 0.229. The molecule has 0 aromatic heterocycles. The zero-order valence-electron chi connectivity index (χ0n) is 17.2. The molecule has 10 heteroatoms. The maximum Gasteiger partial charge on any atom is 0.234 e. The number of carbonyl (C=O) groups excluding carboxylic acids is 1. The van der Waals surface area contributed by atoms with E-state index in [-0.39, 0.29) is 42.2 Å². The van der Waals surface area contributed by atoms with Gasteiger partial charge < -0.3 is 20.3 Å². The number of halogens is 3. The van der Waals surface area contributed by atoms with Gasteiger partial charge in [-0.3, -0.25) is 9.69 Å². The number of guanidine groups is 1. The third kappa shape index (κ3) is 7.86. The lowest BCUT2D eigenvalue weighted by Crippen LogP contribution is -2.54. The lowest BCUT2D eigenvalue weighted by atomic mass is 10.3. The molecular formula is C20H30F2IN5O2. The van der Waals surface area contributed by atoms with Crippen molar-refractivity contribution < 1.29 is 18.3 Å². The molecule has 2 fully saturated rings. The second-order valence-corrected chi connectivity index (χ2v) is 7.27. The Morgan fingerprint density at radius 2 is 1.93 bits per heavy atom. The van der Waals surface area contributed by atoms with Gasteiger partial charge in [0.15, 0.2) is 17.6 Å². The summed E-state index contributed by atoms with van der Waals surface area (Å²) in [5.74, 6) is -0.640. The van der Waals surface area contributed by atoms with Gasteiger partial charge >= 0.3 is 0 Å². The molecule has 168 valence electrons. The average molecular weight is 537 g/mol. The molecule has 1 aliphatic heterocycles. The van der Waals surface area contributed by atoms with E-state index in [2.05, 4.69) is 25.4 Å². The van der Waals surface area contributed by atoms with Crippen LogP contribution in [0.5, 0.6) is 5.75 Å². The number of amides is 1. The van der Waals surface area contributed by atoms with E-state index >= 15 is 0 Å². The number of hydrogen-bond donors (Lipinski definition) is 2. The lowest BCUT2D eigenvalue weighted by molar-refractivity contribution is -0.122. The topological polar surface area (TPSA) is 69.2 Å². The molecule has 0 unspecified atom stereocenters. The number of carbonyl (C=O) groups is 1. The molecule has 2 aliphatic rings. The van der Waals surface area contributed by atoms with Crippen LogP contribution >= 0.6 is 24.0 Å². The first-order valence-corrected chi connectivity index (χ1v) is 10.2. The number of nitrogens with zero attached hydrogens (tertiary/aromatic N) is 3. The van der Waals surface area contributed by atoms with Gasteiger partial charge in [-0.25, -0.2) is 13.8 Å². The molecule has 7 nitrogen and oxygen atoms in total. The third-order valence-electron chi connectivity index (χ3n) is 4.83. The Bertz CT molecular complexity index is 725. The standard InChI is InChI=1S/C20H29F2N5O2.HI/c1-2-23-20(24-7-12-29-16-5-6-17(21)18(22)13-16)27-10-8-26(9-11-27)14-19(28)25-15-3-4-15;/h5-6,13,15H,2-4,7-12,14H2,1H3,(H,23,24)(H,25,28);1H. The molecule has 0 atom stereocenters. The number of rotatable bonds is 8. The smallest absolute Gasteiger partial charge is 0.234 e. The van der Waals surface area contributed by atoms with Crippen LogP contribution in [0.2, 0.25) is 0 Å². The fraction of sp³-hybridized carbons (Fsp3) is 0.600. The molecule has 1 saturated heterocycles. The van der Waals surface area contributed by atoms with E-state index in [0.717, 1.165) is 63.7 Å². The van der Waals surface area contributed by atoms with Crippen molar-refractivity contribution in [1.29, 1.82) is 0 Å². The van der Waals surface area contributed by atoms with Crippen molar-refractivity contribution in [2.45, 2.75) is 25.8 Å². The van der Waals surface area contributed by atoms with Crippen LogP contribution < -0.4 is 15.4 Å². The summed E-state index contributed by atoms with van der Waals surface area (Å²) in [5.41, 5.74) is 0. The van der Waals surface area contributed by atoms with E-state index < -0.39 is 11.6 Å². The van der Waals surface area contributed by atoms with Crippen molar-refractivity contribution in [1.82, 2.24) is 20.4 Å². The number of benzene rings is 1. The van der Waals surface area contributed by atoms with E-state index in [0.29, 0.717) is 19.1 Å². The predicted octanol–water partition coefficient (Wildman–Crippen LogP) is 1.82. The minimum absolute atomic E-state index is 0. The number of nitrogens with one attached hydrogen (secondary N) is 2. The third-order valence-corrected chi connectivity index (χ3v) is 4.83. The van der Waals surface area contributed by atoms with Crippen LogP contribution in [0.4, 0.5) is 8.78 Å². The Kier molecular flexibility index (Phi) is 10.0. The van der Waals surface area contributed by atoms with Gasteiger partial charge in [-0.15, -0.1) is 24.0 Å². The molecule has 30 heavy (non-hydrogen) atoms. The Labute approximate surface area is 193 Å². The summed E-state index contributed by atoms with van der Waals surface area (Å²) in [6.07, 6.45) is 2.20. The maximum absolute atomic E-state index is 13.2. The van der Waals surface area contributed by atoms with Crippen LogP contribution in [0.1, 0.15) is 19.8 Å². The molecule has 0 spiro atoms. The van der Waals surface area contributed by atoms with E-state index in [4.69, 9.17) is 4.74 Å². The first-order valence-electron chi connectivity index (χ1n) is 10.2. The number of hydrogen-bond acceptors (Lipinski definition) is 4. The molecule has 0 bridgehead atoms. The average Bonchev–Trinajstić information content (AvgIpc) is 3.51. The van der Waals surface area contributed by atoms with E-state index in [1.807, 2.05) is 6.92 Å². The Balaban J connectivity index is 0.00000320. The highest BCUT2D eigenvalue weighted by Crippen LogP contribution is 2.18. The van der Waals surface area contributed by atoms with Gasteiger partial charge in [-0.05, 0) is 31.9 Å². The summed E-state index contributed by atoms with van der Waals surface area (Å²) < 4.78 is 31.6. The molecule has 1 aliphatic carbocycles. The van der Waals surface area contributed by atoms with Crippen molar-refractivity contribution in [3.05, 3.63) is 29.8 Å². The molecule has 0 radical (unpaired) electrons. The molecule has 2 N–H and O–H groups in total. The molecule has 1 aromatic rings. The zero-order valence-corrected chi connectivity index (χ0v) is 19.5. The van der Waals surface area contributed by atoms with Crippen molar-refractivity contribution in [2.75, 3.05) is 52.4 Å². The first kappa shape index (κ1) is 24.6. The summed E-state index contributed by atoms with van der Waals surface area (Å²) in [6, 6.07) is 3.86. The molecule has 1 aromatic carbocycles. The normalized spacial score (nSPS) is 17.3. The van der Waals surface area contributed by atoms with Crippen LogP contribution in [-0.2, 0) is 4.79 Å². The van der Waals surface area contributed by atoms with Gasteiger partial charge in [0.2, 0.25) is 5.91 Å². The van der Waals surface area contributed by atoms with Crippen LogP contribution in [0.15, 0.2) is 23.2 Å². The highest BCUT2D eigenvalue weighted by molar-refractivity contribution is 14.0. The molecular weight excluding hydrogens is 507 g/mol. The zero-order chi connectivity index (χ0) is 20.6. The van der Waals surface area contributed by atoms with Crippen molar-refractivity contribution in [3.63, 3.8) is 0 Å². The van der Waals surface area contributed by atoms with Crippen LogP contribution in [0.3, 0.4) is 0 Å². The van der Waals surface area contributed by atoms with Gasteiger partial charge in [-0.2, -0.15) is 0 Å².